The van der Waals surface area contributed by atoms with Crippen molar-refractivity contribution in [2.45, 2.75) is 39.3 Å². The topological polar surface area (TPSA) is 96.9 Å². The number of rotatable bonds is 5. The highest BCUT2D eigenvalue weighted by molar-refractivity contribution is 5.87. The maximum absolute atomic E-state index is 11.8. The van der Waals surface area contributed by atoms with Gasteiger partial charge in [0.2, 0.25) is 0 Å². The summed E-state index contributed by atoms with van der Waals surface area (Å²) in [5, 5.41) is 14.3. The number of ether oxygens (including phenoxy) is 2. The first-order chi connectivity index (χ1) is 10.1. The van der Waals surface area contributed by atoms with Crippen molar-refractivity contribution >= 4 is 23.4 Å². The van der Waals surface area contributed by atoms with E-state index >= 15 is 0 Å². The van der Waals surface area contributed by atoms with Crippen LogP contribution in [0.1, 0.15) is 27.7 Å². The Hall–Kier alpha value is -2.44. The number of anilines is 2. The SMILES string of the molecule is COc1cc(NC(C)C(=O)O)ccc1NC(=O)OC(C)(C)C. The van der Waals surface area contributed by atoms with E-state index in [1.165, 1.54) is 14.0 Å². The van der Waals surface area contributed by atoms with Gasteiger partial charge in [0.1, 0.15) is 17.4 Å². The zero-order valence-electron chi connectivity index (χ0n) is 13.4. The fourth-order valence-electron chi connectivity index (χ4n) is 1.61. The maximum atomic E-state index is 11.8. The van der Waals surface area contributed by atoms with Gasteiger partial charge in [0.15, 0.2) is 0 Å². The van der Waals surface area contributed by atoms with Crippen molar-refractivity contribution in [1.82, 2.24) is 0 Å². The van der Waals surface area contributed by atoms with E-state index in [2.05, 4.69) is 10.6 Å². The lowest BCUT2D eigenvalue weighted by Gasteiger charge is -2.20. The second kappa shape index (κ2) is 7.02. The van der Waals surface area contributed by atoms with E-state index in [1.807, 2.05) is 0 Å². The molecule has 0 heterocycles. The number of nitrogens with one attached hydrogen (secondary N) is 2. The summed E-state index contributed by atoms with van der Waals surface area (Å²) >= 11 is 0. The molecule has 0 bridgehead atoms. The van der Waals surface area contributed by atoms with E-state index < -0.39 is 23.7 Å². The van der Waals surface area contributed by atoms with Gasteiger partial charge in [-0.1, -0.05) is 0 Å². The number of hydrogen-bond donors (Lipinski definition) is 3. The largest absolute Gasteiger partial charge is 0.494 e. The normalized spacial score (nSPS) is 12.2. The lowest BCUT2D eigenvalue weighted by atomic mass is 10.2. The molecular weight excluding hydrogens is 288 g/mol. The predicted octanol–water partition coefficient (Wildman–Crippen LogP) is 2.93. The van der Waals surface area contributed by atoms with Crippen LogP contribution >= 0.6 is 0 Å². The molecule has 1 aromatic rings. The summed E-state index contributed by atoms with van der Waals surface area (Å²) in [4.78, 5) is 22.6. The first-order valence-electron chi connectivity index (χ1n) is 6.80. The average Bonchev–Trinajstić information content (AvgIpc) is 2.38. The number of hydrogen-bond acceptors (Lipinski definition) is 5. The molecule has 0 aliphatic rings. The van der Waals surface area contributed by atoms with Gasteiger partial charge in [-0.15, -0.1) is 0 Å². The highest BCUT2D eigenvalue weighted by atomic mass is 16.6. The molecule has 0 radical (unpaired) electrons. The molecular formula is C15H22N2O5. The molecule has 1 aromatic carbocycles. The highest BCUT2D eigenvalue weighted by Gasteiger charge is 2.18. The second-order valence-electron chi connectivity index (χ2n) is 5.75. The number of carboxylic acid groups (broad SMARTS) is 1. The Labute approximate surface area is 129 Å². The number of carboxylic acids is 1. The zero-order chi connectivity index (χ0) is 16.9. The third-order valence-electron chi connectivity index (χ3n) is 2.59. The molecule has 1 unspecified atom stereocenters. The van der Waals surface area contributed by atoms with Gasteiger partial charge in [0.05, 0.1) is 12.8 Å². The molecule has 122 valence electrons. The van der Waals surface area contributed by atoms with Crippen molar-refractivity contribution < 1.29 is 24.2 Å². The van der Waals surface area contributed by atoms with Crippen LogP contribution in [0.25, 0.3) is 0 Å². The minimum Gasteiger partial charge on any atom is -0.494 e. The predicted molar refractivity (Wildman–Crippen MR) is 83.6 cm³/mol. The number of aliphatic carboxylic acids is 1. The number of benzene rings is 1. The van der Waals surface area contributed by atoms with Crippen LogP contribution in [0.5, 0.6) is 5.75 Å². The first-order valence-corrected chi connectivity index (χ1v) is 6.80. The molecule has 22 heavy (non-hydrogen) atoms. The van der Waals surface area contributed by atoms with Crippen LogP contribution < -0.4 is 15.4 Å². The fraction of sp³-hybridized carbons (Fsp3) is 0.467. The molecule has 7 heteroatoms. The Bertz CT molecular complexity index is 551. The second-order valence-corrected chi connectivity index (χ2v) is 5.75. The summed E-state index contributed by atoms with van der Waals surface area (Å²) in [7, 11) is 1.46. The van der Waals surface area contributed by atoms with Gasteiger partial charge in [-0.2, -0.15) is 0 Å². The third kappa shape index (κ3) is 5.51. The van der Waals surface area contributed by atoms with Crippen molar-refractivity contribution in [3.05, 3.63) is 18.2 Å². The van der Waals surface area contributed by atoms with Gasteiger partial charge < -0.3 is 19.9 Å². The van der Waals surface area contributed by atoms with Crippen molar-refractivity contribution in [1.29, 1.82) is 0 Å². The van der Waals surface area contributed by atoms with Crippen LogP contribution in [-0.4, -0.2) is 35.9 Å². The Morgan fingerprint density at radius 1 is 1.27 bits per heavy atom. The van der Waals surface area contributed by atoms with Crippen molar-refractivity contribution in [2.75, 3.05) is 17.7 Å². The molecule has 0 fully saturated rings. The summed E-state index contributed by atoms with van der Waals surface area (Å²) in [6.45, 7) is 6.83. The fourth-order valence-corrected chi connectivity index (χ4v) is 1.61. The van der Waals surface area contributed by atoms with E-state index in [0.717, 1.165) is 0 Å². The van der Waals surface area contributed by atoms with Gasteiger partial charge in [-0.05, 0) is 39.8 Å². The van der Waals surface area contributed by atoms with Gasteiger partial charge in [-0.3, -0.25) is 10.1 Å². The molecule has 1 amide bonds. The van der Waals surface area contributed by atoms with Crippen molar-refractivity contribution in [3.8, 4) is 5.75 Å². The van der Waals surface area contributed by atoms with Crippen LogP contribution in [0.15, 0.2) is 18.2 Å². The van der Waals surface area contributed by atoms with E-state index in [4.69, 9.17) is 14.6 Å². The molecule has 0 aliphatic heterocycles. The van der Waals surface area contributed by atoms with Gasteiger partial charge in [-0.25, -0.2) is 4.79 Å². The molecule has 0 saturated heterocycles. The van der Waals surface area contributed by atoms with E-state index in [1.54, 1.807) is 39.0 Å². The summed E-state index contributed by atoms with van der Waals surface area (Å²) in [5.41, 5.74) is 0.405. The minimum atomic E-state index is -0.963. The Morgan fingerprint density at radius 3 is 2.41 bits per heavy atom. The van der Waals surface area contributed by atoms with Crippen molar-refractivity contribution in [2.24, 2.45) is 0 Å². The number of carbonyl (C=O) groups excluding carboxylic acids is 1. The van der Waals surface area contributed by atoms with Gasteiger partial charge >= 0.3 is 12.1 Å². The molecule has 0 aromatic heterocycles. The Morgan fingerprint density at radius 2 is 1.91 bits per heavy atom. The standard InChI is InChI=1S/C15H22N2O5/c1-9(13(18)19)16-10-6-7-11(12(8-10)21-5)17-14(20)22-15(2,3)4/h6-9,16H,1-5H3,(H,17,20)(H,18,19). The Kier molecular flexibility index (Phi) is 5.62. The van der Waals surface area contributed by atoms with Crippen LogP contribution in [-0.2, 0) is 9.53 Å². The lowest BCUT2D eigenvalue weighted by molar-refractivity contribution is -0.137. The summed E-state index contributed by atoms with van der Waals surface area (Å²) < 4.78 is 10.4. The average molecular weight is 310 g/mol. The lowest BCUT2D eigenvalue weighted by Crippen LogP contribution is -2.27. The summed E-state index contributed by atoms with van der Waals surface area (Å²) in [6, 6.07) is 4.12. The van der Waals surface area contributed by atoms with Gasteiger partial charge in [0.25, 0.3) is 0 Å². The minimum absolute atomic E-state index is 0.397. The number of amides is 1. The molecule has 7 nitrogen and oxygen atoms in total. The zero-order valence-corrected chi connectivity index (χ0v) is 13.4. The summed E-state index contributed by atoms with van der Waals surface area (Å²) in [5.74, 6) is -0.566. The molecule has 1 atom stereocenters. The first kappa shape index (κ1) is 17.6. The highest BCUT2D eigenvalue weighted by Crippen LogP contribution is 2.28. The quantitative estimate of drug-likeness (QED) is 0.773. The van der Waals surface area contributed by atoms with E-state index in [9.17, 15) is 9.59 Å². The van der Waals surface area contributed by atoms with Crippen molar-refractivity contribution in [3.63, 3.8) is 0 Å². The molecule has 0 saturated carbocycles. The Balaban J connectivity index is 2.85. The maximum Gasteiger partial charge on any atom is 0.412 e. The van der Waals surface area contributed by atoms with Crippen LogP contribution in [0.2, 0.25) is 0 Å². The van der Waals surface area contributed by atoms with Crippen LogP contribution in [0, 0.1) is 0 Å². The number of carbonyl (C=O) groups is 2. The van der Waals surface area contributed by atoms with E-state index in [0.29, 0.717) is 17.1 Å². The van der Waals surface area contributed by atoms with E-state index in [-0.39, 0.29) is 0 Å². The van der Waals surface area contributed by atoms with Crippen LogP contribution in [0.4, 0.5) is 16.2 Å². The molecule has 3 N–H and O–H groups in total. The smallest absolute Gasteiger partial charge is 0.412 e. The molecule has 1 rings (SSSR count). The monoisotopic (exact) mass is 310 g/mol. The summed E-state index contributed by atoms with van der Waals surface area (Å²) in [6.07, 6.45) is -0.592. The molecule has 0 spiro atoms. The van der Waals surface area contributed by atoms with Gasteiger partial charge in [0, 0.05) is 11.8 Å². The number of methoxy groups -OCH3 is 1. The van der Waals surface area contributed by atoms with Crippen LogP contribution in [0.3, 0.4) is 0 Å². The molecule has 0 aliphatic carbocycles. The third-order valence-corrected chi connectivity index (χ3v) is 2.59.